The minimum Gasteiger partial charge on any atom is -0.463 e. The van der Waals surface area contributed by atoms with Gasteiger partial charge in [0.25, 0.3) is 0 Å². The molecule has 0 bridgehead atoms. The van der Waals surface area contributed by atoms with Crippen LogP contribution < -0.4 is 4.74 Å². The molecular formula is C15H17NO5. The van der Waals surface area contributed by atoms with E-state index in [4.69, 9.17) is 9.47 Å². The molecule has 6 heteroatoms. The highest BCUT2D eigenvalue weighted by atomic mass is 16.6. The number of hydrogen-bond donors (Lipinski definition) is 1. The molecule has 1 amide bonds. The number of piperidine rings is 1. The van der Waals surface area contributed by atoms with Crippen molar-refractivity contribution in [2.45, 2.75) is 24.9 Å². The standard InChI is InChI=1S/C15H17NO5/c17-8-10-6-7-12-13(9-20-14(12)18)16(10)15(19)21-11-4-2-1-3-5-11/h1-5,10,12-13,17H,6-9H2/t10-,12-,13-/m1/s1. The number of para-hydroxylation sites is 1. The van der Waals surface area contributed by atoms with Gasteiger partial charge < -0.3 is 14.6 Å². The van der Waals surface area contributed by atoms with Crippen molar-refractivity contribution >= 4 is 12.1 Å². The van der Waals surface area contributed by atoms with Crippen LogP contribution in [0.4, 0.5) is 4.79 Å². The third-order valence-electron chi connectivity index (χ3n) is 4.10. The Morgan fingerprint density at radius 1 is 1.33 bits per heavy atom. The molecule has 0 aromatic heterocycles. The molecule has 2 fully saturated rings. The molecule has 3 rings (SSSR count). The van der Waals surface area contributed by atoms with E-state index in [0.717, 1.165) is 0 Å². The van der Waals surface area contributed by atoms with Crippen LogP contribution in [0.25, 0.3) is 0 Å². The van der Waals surface area contributed by atoms with E-state index in [1.165, 1.54) is 4.90 Å². The van der Waals surface area contributed by atoms with E-state index in [9.17, 15) is 14.7 Å². The van der Waals surface area contributed by atoms with Gasteiger partial charge in [-0.05, 0) is 25.0 Å². The van der Waals surface area contributed by atoms with Crippen LogP contribution in [0.2, 0.25) is 0 Å². The zero-order valence-corrected chi connectivity index (χ0v) is 11.5. The Morgan fingerprint density at radius 3 is 2.81 bits per heavy atom. The first kappa shape index (κ1) is 13.9. The van der Waals surface area contributed by atoms with E-state index >= 15 is 0 Å². The van der Waals surface area contributed by atoms with Gasteiger partial charge in [0.05, 0.1) is 24.6 Å². The molecule has 1 aromatic rings. The maximum absolute atomic E-state index is 12.4. The third kappa shape index (κ3) is 2.58. The number of hydrogen-bond acceptors (Lipinski definition) is 5. The molecular weight excluding hydrogens is 274 g/mol. The van der Waals surface area contributed by atoms with Gasteiger partial charge in [-0.3, -0.25) is 9.69 Å². The van der Waals surface area contributed by atoms with Gasteiger partial charge in [0.2, 0.25) is 0 Å². The topological polar surface area (TPSA) is 76.1 Å². The monoisotopic (exact) mass is 291 g/mol. The van der Waals surface area contributed by atoms with Crippen LogP contribution in [-0.2, 0) is 9.53 Å². The molecule has 6 nitrogen and oxygen atoms in total. The second-order valence-corrected chi connectivity index (χ2v) is 5.31. The molecule has 1 N–H and O–H groups in total. The number of carbonyl (C=O) groups is 2. The molecule has 0 spiro atoms. The number of aliphatic hydroxyl groups is 1. The van der Waals surface area contributed by atoms with Crippen molar-refractivity contribution < 1.29 is 24.2 Å². The molecule has 112 valence electrons. The van der Waals surface area contributed by atoms with Crippen LogP contribution >= 0.6 is 0 Å². The molecule has 21 heavy (non-hydrogen) atoms. The van der Waals surface area contributed by atoms with E-state index in [-0.39, 0.29) is 37.2 Å². The molecule has 2 aliphatic heterocycles. The lowest BCUT2D eigenvalue weighted by atomic mass is 9.88. The van der Waals surface area contributed by atoms with Crippen LogP contribution in [0.3, 0.4) is 0 Å². The Labute approximate surface area is 122 Å². The number of carbonyl (C=O) groups excluding carboxylic acids is 2. The molecule has 0 saturated carbocycles. The largest absolute Gasteiger partial charge is 0.463 e. The van der Waals surface area contributed by atoms with Crippen LogP contribution in [-0.4, -0.2) is 47.4 Å². The number of aliphatic hydroxyl groups excluding tert-OH is 1. The van der Waals surface area contributed by atoms with Crippen molar-refractivity contribution in [1.29, 1.82) is 0 Å². The summed E-state index contributed by atoms with van der Waals surface area (Å²) in [6, 6.07) is 8.05. The highest BCUT2D eigenvalue weighted by Crippen LogP contribution is 2.34. The normalized spacial score (nSPS) is 28.0. The molecule has 0 unspecified atom stereocenters. The van der Waals surface area contributed by atoms with E-state index < -0.39 is 6.09 Å². The first-order valence-corrected chi connectivity index (χ1v) is 7.03. The van der Waals surface area contributed by atoms with Crippen molar-refractivity contribution in [2.24, 2.45) is 5.92 Å². The minimum absolute atomic E-state index is 0.151. The molecule has 0 aliphatic carbocycles. The number of nitrogens with zero attached hydrogens (tertiary/aromatic N) is 1. The Balaban J connectivity index is 1.79. The average molecular weight is 291 g/mol. The Kier molecular flexibility index (Phi) is 3.79. The number of rotatable bonds is 2. The van der Waals surface area contributed by atoms with E-state index in [1.54, 1.807) is 24.3 Å². The zero-order valence-electron chi connectivity index (χ0n) is 11.5. The lowest BCUT2D eigenvalue weighted by Gasteiger charge is -2.39. The van der Waals surface area contributed by atoms with Gasteiger partial charge in [0, 0.05) is 0 Å². The fourth-order valence-electron chi connectivity index (χ4n) is 3.02. The highest BCUT2D eigenvalue weighted by molar-refractivity contribution is 5.79. The summed E-state index contributed by atoms with van der Waals surface area (Å²) in [7, 11) is 0. The summed E-state index contributed by atoms with van der Waals surface area (Å²) in [6.45, 7) is 0.0190. The van der Waals surface area contributed by atoms with Crippen LogP contribution in [0.5, 0.6) is 5.75 Å². The van der Waals surface area contributed by atoms with Crippen molar-refractivity contribution in [3.8, 4) is 5.75 Å². The summed E-state index contributed by atoms with van der Waals surface area (Å²) in [4.78, 5) is 25.5. The number of likely N-dealkylation sites (tertiary alicyclic amines) is 1. The van der Waals surface area contributed by atoms with Crippen molar-refractivity contribution in [2.75, 3.05) is 13.2 Å². The lowest BCUT2D eigenvalue weighted by Crippen LogP contribution is -2.56. The van der Waals surface area contributed by atoms with Gasteiger partial charge in [-0.15, -0.1) is 0 Å². The molecule has 2 aliphatic rings. The van der Waals surface area contributed by atoms with Crippen molar-refractivity contribution in [3.05, 3.63) is 30.3 Å². The summed E-state index contributed by atoms with van der Waals surface area (Å²) in [5.74, 6) is -0.142. The van der Waals surface area contributed by atoms with Gasteiger partial charge in [0.15, 0.2) is 0 Å². The van der Waals surface area contributed by atoms with Gasteiger partial charge in [-0.2, -0.15) is 0 Å². The fourth-order valence-corrected chi connectivity index (χ4v) is 3.02. The van der Waals surface area contributed by atoms with E-state index in [1.807, 2.05) is 6.07 Å². The number of amides is 1. The predicted octanol–water partition coefficient (Wildman–Crippen LogP) is 1.18. The lowest BCUT2D eigenvalue weighted by molar-refractivity contribution is -0.141. The second kappa shape index (κ2) is 5.73. The molecule has 1 aromatic carbocycles. The van der Waals surface area contributed by atoms with E-state index in [2.05, 4.69) is 0 Å². The first-order valence-electron chi connectivity index (χ1n) is 7.03. The van der Waals surface area contributed by atoms with Gasteiger partial charge >= 0.3 is 12.1 Å². The number of esters is 1. The Morgan fingerprint density at radius 2 is 2.10 bits per heavy atom. The Bertz CT molecular complexity index is 532. The first-order chi connectivity index (χ1) is 10.2. The third-order valence-corrected chi connectivity index (χ3v) is 4.10. The SMILES string of the molecule is O=C1OC[C@@H]2[C@H]1CC[C@H](CO)N2C(=O)Oc1ccccc1. The van der Waals surface area contributed by atoms with Crippen molar-refractivity contribution in [1.82, 2.24) is 4.90 Å². The number of fused-ring (bicyclic) bond motifs is 1. The smallest absolute Gasteiger partial charge is 0.415 e. The minimum atomic E-state index is -0.548. The van der Waals surface area contributed by atoms with Crippen molar-refractivity contribution in [3.63, 3.8) is 0 Å². The molecule has 3 atom stereocenters. The maximum Gasteiger partial charge on any atom is 0.415 e. The van der Waals surface area contributed by atoms with Gasteiger partial charge in [-0.25, -0.2) is 4.79 Å². The van der Waals surface area contributed by atoms with Gasteiger partial charge in [-0.1, -0.05) is 18.2 Å². The second-order valence-electron chi connectivity index (χ2n) is 5.31. The summed E-state index contributed by atoms with van der Waals surface area (Å²) in [6.07, 6.45) is 0.647. The summed E-state index contributed by atoms with van der Waals surface area (Å²) in [5, 5.41) is 9.49. The number of cyclic esters (lactones) is 1. The molecule has 0 radical (unpaired) electrons. The van der Waals surface area contributed by atoms with Gasteiger partial charge in [0.1, 0.15) is 12.4 Å². The highest BCUT2D eigenvalue weighted by Gasteiger charge is 2.48. The van der Waals surface area contributed by atoms with Crippen LogP contribution in [0, 0.1) is 5.92 Å². The Hall–Kier alpha value is -2.08. The van der Waals surface area contributed by atoms with Crippen LogP contribution in [0.15, 0.2) is 30.3 Å². The van der Waals surface area contributed by atoms with Crippen LogP contribution in [0.1, 0.15) is 12.8 Å². The number of ether oxygens (including phenoxy) is 2. The quantitative estimate of drug-likeness (QED) is 0.828. The fraction of sp³-hybridized carbons (Fsp3) is 0.467. The van der Waals surface area contributed by atoms with E-state index in [0.29, 0.717) is 18.6 Å². The molecule has 2 saturated heterocycles. The summed E-state index contributed by atoms with van der Waals surface area (Å²) < 4.78 is 10.4. The summed E-state index contributed by atoms with van der Waals surface area (Å²) >= 11 is 0. The number of benzene rings is 1. The average Bonchev–Trinajstić information content (AvgIpc) is 2.88. The summed E-state index contributed by atoms with van der Waals surface area (Å²) in [5.41, 5.74) is 0. The molecule has 2 heterocycles. The predicted molar refractivity (Wildman–Crippen MR) is 72.6 cm³/mol. The zero-order chi connectivity index (χ0) is 14.8. The maximum atomic E-state index is 12.4.